The minimum Gasteiger partial charge on any atom is -0.465 e. The molecule has 0 aliphatic heterocycles. The average Bonchev–Trinajstić information content (AvgIpc) is 3.10. The van der Waals surface area contributed by atoms with Crippen LogP contribution < -0.4 is 10.1 Å². The van der Waals surface area contributed by atoms with Gasteiger partial charge in [-0.25, -0.2) is 9.38 Å². The standard InChI is InChI=1S/C16H12N2O2S/c1-9-6-10(2)14-12(7-9)18-15(19)13(21-16(18)17-14)8-11-4-3-5-20-11/h3-8H,1-2H3/b13-8+. The minimum atomic E-state index is -0.0427. The Bertz CT molecular complexity index is 1070. The summed E-state index contributed by atoms with van der Waals surface area (Å²) in [6.45, 7) is 4.05. The quantitative estimate of drug-likeness (QED) is 0.542. The van der Waals surface area contributed by atoms with E-state index in [-0.39, 0.29) is 5.56 Å². The van der Waals surface area contributed by atoms with Gasteiger partial charge in [0, 0.05) is 6.08 Å². The van der Waals surface area contributed by atoms with Crippen molar-refractivity contribution in [2.45, 2.75) is 13.8 Å². The van der Waals surface area contributed by atoms with E-state index < -0.39 is 0 Å². The number of aryl methyl sites for hydroxylation is 2. The summed E-state index contributed by atoms with van der Waals surface area (Å²) in [6.07, 6.45) is 3.35. The fourth-order valence-electron chi connectivity index (χ4n) is 2.61. The van der Waals surface area contributed by atoms with Gasteiger partial charge in [0.05, 0.1) is 17.3 Å². The Morgan fingerprint density at radius 1 is 1.33 bits per heavy atom. The minimum absolute atomic E-state index is 0.0427. The molecule has 0 saturated heterocycles. The van der Waals surface area contributed by atoms with Crippen LogP contribution in [-0.4, -0.2) is 9.38 Å². The number of hydrogen-bond acceptors (Lipinski definition) is 4. The van der Waals surface area contributed by atoms with Gasteiger partial charge in [-0.2, -0.15) is 0 Å². The number of furan rings is 1. The number of aromatic nitrogens is 2. The average molecular weight is 296 g/mol. The van der Waals surface area contributed by atoms with E-state index in [2.05, 4.69) is 11.1 Å². The predicted octanol–water partition coefficient (Wildman–Crippen LogP) is 2.67. The van der Waals surface area contributed by atoms with E-state index in [1.807, 2.05) is 26.0 Å². The van der Waals surface area contributed by atoms with Crippen LogP contribution in [0.5, 0.6) is 0 Å². The van der Waals surface area contributed by atoms with Gasteiger partial charge in [-0.1, -0.05) is 17.4 Å². The van der Waals surface area contributed by atoms with Crippen LogP contribution in [0.15, 0.2) is 39.7 Å². The van der Waals surface area contributed by atoms with Crippen molar-refractivity contribution in [3.05, 3.63) is 62.3 Å². The first-order chi connectivity index (χ1) is 10.1. The van der Waals surface area contributed by atoms with E-state index in [0.717, 1.165) is 27.1 Å². The van der Waals surface area contributed by atoms with Crippen molar-refractivity contribution in [1.29, 1.82) is 0 Å². The second-order valence-corrected chi connectivity index (χ2v) is 6.12. The largest absolute Gasteiger partial charge is 0.465 e. The maximum absolute atomic E-state index is 12.6. The Hall–Kier alpha value is -2.40. The van der Waals surface area contributed by atoms with Crippen molar-refractivity contribution < 1.29 is 4.42 Å². The highest BCUT2D eigenvalue weighted by Crippen LogP contribution is 2.21. The van der Waals surface area contributed by atoms with Crippen molar-refractivity contribution in [3.8, 4) is 0 Å². The van der Waals surface area contributed by atoms with Crippen molar-refractivity contribution in [2.75, 3.05) is 0 Å². The number of hydrogen-bond donors (Lipinski definition) is 0. The number of thiazole rings is 1. The summed E-state index contributed by atoms with van der Waals surface area (Å²) in [4.78, 5) is 17.9. The zero-order valence-electron chi connectivity index (χ0n) is 11.6. The smallest absolute Gasteiger partial charge is 0.275 e. The lowest BCUT2D eigenvalue weighted by Crippen LogP contribution is -2.22. The maximum Gasteiger partial charge on any atom is 0.275 e. The molecule has 0 atom stereocenters. The number of benzene rings is 1. The van der Waals surface area contributed by atoms with Crippen LogP contribution in [0.1, 0.15) is 16.9 Å². The van der Waals surface area contributed by atoms with Gasteiger partial charge in [0.25, 0.3) is 5.56 Å². The highest BCUT2D eigenvalue weighted by Gasteiger charge is 2.13. The van der Waals surface area contributed by atoms with Crippen LogP contribution in [-0.2, 0) is 0 Å². The first kappa shape index (κ1) is 12.3. The highest BCUT2D eigenvalue weighted by atomic mass is 32.1. The van der Waals surface area contributed by atoms with Crippen LogP contribution >= 0.6 is 11.3 Å². The second-order valence-electron chi connectivity index (χ2n) is 5.11. The molecule has 0 amide bonds. The molecule has 0 N–H and O–H groups in total. The van der Waals surface area contributed by atoms with Crippen LogP contribution in [0.4, 0.5) is 0 Å². The second kappa shape index (κ2) is 4.30. The SMILES string of the molecule is Cc1cc(C)c2nc3s/c(=C/c4ccco4)c(=O)n3c2c1. The third-order valence-corrected chi connectivity index (χ3v) is 4.46. The lowest BCUT2D eigenvalue weighted by Gasteiger charge is -1.97. The summed E-state index contributed by atoms with van der Waals surface area (Å²) >= 11 is 1.39. The van der Waals surface area contributed by atoms with E-state index in [1.165, 1.54) is 11.3 Å². The molecule has 0 aliphatic carbocycles. The predicted molar refractivity (Wildman–Crippen MR) is 83.8 cm³/mol. The normalized spacial score (nSPS) is 12.8. The summed E-state index contributed by atoms with van der Waals surface area (Å²) in [5.74, 6) is 0.674. The molecule has 0 bridgehead atoms. The van der Waals surface area contributed by atoms with Gasteiger partial charge < -0.3 is 4.42 Å². The molecule has 4 nitrogen and oxygen atoms in total. The molecule has 3 aromatic heterocycles. The molecule has 0 spiro atoms. The van der Waals surface area contributed by atoms with Gasteiger partial charge in [-0.3, -0.25) is 4.79 Å². The molecule has 1 aromatic carbocycles. The topological polar surface area (TPSA) is 47.5 Å². The van der Waals surface area contributed by atoms with Gasteiger partial charge in [-0.05, 0) is 43.2 Å². The zero-order valence-corrected chi connectivity index (χ0v) is 12.4. The van der Waals surface area contributed by atoms with Crippen LogP contribution in [0, 0.1) is 13.8 Å². The Balaban J connectivity index is 2.11. The van der Waals surface area contributed by atoms with Crippen LogP contribution in [0.3, 0.4) is 0 Å². The molecule has 0 aliphatic rings. The van der Waals surface area contributed by atoms with E-state index in [4.69, 9.17) is 4.42 Å². The molecule has 3 heterocycles. The first-order valence-electron chi connectivity index (χ1n) is 6.61. The highest BCUT2D eigenvalue weighted by molar-refractivity contribution is 7.15. The Morgan fingerprint density at radius 2 is 2.19 bits per heavy atom. The third kappa shape index (κ3) is 1.81. The number of imidazole rings is 1. The Labute approximate surface area is 124 Å². The third-order valence-electron chi connectivity index (χ3n) is 3.50. The van der Waals surface area contributed by atoms with Gasteiger partial charge in [0.1, 0.15) is 10.3 Å². The van der Waals surface area contributed by atoms with Gasteiger partial charge in [0.15, 0.2) is 4.96 Å². The zero-order chi connectivity index (χ0) is 14.6. The summed E-state index contributed by atoms with van der Waals surface area (Å²) in [5.41, 5.74) is 3.95. The molecule has 104 valence electrons. The Kier molecular flexibility index (Phi) is 2.53. The van der Waals surface area contributed by atoms with Gasteiger partial charge in [-0.15, -0.1) is 0 Å². The fraction of sp³-hybridized carbons (Fsp3) is 0.125. The fourth-order valence-corrected chi connectivity index (χ4v) is 3.57. The molecule has 21 heavy (non-hydrogen) atoms. The van der Waals surface area contributed by atoms with Gasteiger partial charge in [0.2, 0.25) is 0 Å². The molecule has 0 saturated carbocycles. The van der Waals surface area contributed by atoms with E-state index in [9.17, 15) is 4.79 Å². The first-order valence-corrected chi connectivity index (χ1v) is 7.42. The van der Waals surface area contributed by atoms with E-state index >= 15 is 0 Å². The van der Waals surface area contributed by atoms with Crippen LogP contribution in [0.2, 0.25) is 0 Å². The molecular weight excluding hydrogens is 284 g/mol. The summed E-state index contributed by atoms with van der Waals surface area (Å²) < 4.78 is 7.60. The van der Waals surface area contributed by atoms with Crippen molar-refractivity contribution in [3.63, 3.8) is 0 Å². The number of nitrogens with zero attached hydrogens (tertiary/aromatic N) is 2. The molecular formula is C16H12N2O2S. The molecule has 0 radical (unpaired) electrons. The van der Waals surface area contributed by atoms with Gasteiger partial charge >= 0.3 is 0 Å². The van der Waals surface area contributed by atoms with Crippen molar-refractivity contribution in [2.24, 2.45) is 0 Å². The molecule has 4 rings (SSSR count). The molecule has 5 heteroatoms. The molecule has 4 aromatic rings. The Morgan fingerprint density at radius 3 is 2.95 bits per heavy atom. The lowest BCUT2D eigenvalue weighted by atomic mass is 10.1. The van der Waals surface area contributed by atoms with E-state index in [1.54, 1.807) is 22.8 Å². The maximum atomic E-state index is 12.6. The van der Waals surface area contributed by atoms with E-state index in [0.29, 0.717) is 10.3 Å². The summed E-state index contributed by atoms with van der Waals surface area (Å²) in [7, 11) is 0. The van der Waals surface area contributed by atoms with Crippen molar-refractivity contribution in [1.82, 2.24) is 9.38 Å². The number of fused-ring (bicyclic) bond motifs is 3. The van der Waals surface area contributed by atoms with Crippen molar-refractivity contribution >= 4 is 33.4 Å². The molecule has 0 unspecified atom stereocenters. The van der Waals surface area contributed by atoms with Crippen LogP contribution in [0.25, 0.3) is 22.1 Å². The lowest BCUT2D eigenvalue weighted by molar-refractivity contribution is 0.556. The summed E-state index contributed by atoms with van der Waals surface area (Å²) in [5, 5.41) is 0. The number of rotatable bonds is 1. The summed E-state index contributed by atoms with van der Waals surface area (Å²) in [6, 6.07) is 7.72. The monoisotopic (exact) mass is 296 g/mol. The molecule has 0 fully saturated rings.